The SMILES string of the molecule is CCC(C)C(C)NC(=O)c1sc2ccccc2c1N. The highest BCUT2D eigenvalue weighted by molar-refractivity contribution is 7.21. The molecule has 0 aliphatic carbocycles. The second-order valence-electron chi connectivity index (χ2n) is 4.99. The molecule has 0 saturated heterocycles. The summed E-state index contributed by atoms with van der Waals surface area (Å²) in [4.78, 5) is 12.9. The molecule has 102 valence electrons. The van der Waals surface area contributed by atoms with Gasteiger partial charge in [-0.2, -0.15) is 0 Å². The van der Waals surface area contributed by atoms with Gasteiger partial charge in [-0.15, -0.1) is 11.3 Å². The number of thiophene rings is 1. The summed E-state index contributed by atoms with van der Waals surface area (Å²) in [5, 5.41) is 4.01. The van der Waals surface area contributed by atoms with Gasteiger partial charge in [-0.05, 0) is 18.9 Å². The summed E-state index contributed by atoms with van der Waals surface area (Å²) >= 11 is 1.46. The summed E-state index contributed by atoms with van der Waals surface area (Å²) in [6.45, 7) is 6.30. The first-order valence-corrected chi connectivity index (χ1v) is 7.44. The Kier molecular flexibility index (Phi) is 4.10. The third-order valence-electron chi connectivity index (χ3n) is 3.70. The van der Waals surface area contributed by atoms with Gasteiger partial charge in [0.2, 0.25) is 0 Å². The van der Waals surface area contributed by atoms with Crippen molar-refractivity contribution in [1.29, 1.82) is 0 Å². The van der Waals surface area contributed by atoms with E-state index >= 15 is 0 Å². The summed E-state index contributed by atoms with van der Waals surface area (Å²) in [5.74, 6) is 0.394. The highest BCUT2D eigenvalue weighted by Crippen LogP contribution is 2.33. The van der Waals surface area contributed by atoms with Gasteiger partial charge in [-0.3, -0.25) is 4.79 Å². The number of hydrogen-bond acceptors (Lipinski definition) is 3. The van der Waals surface area contributed by atoms with Crippen LogP contribution in [-0.4, -0.2) is 11.9 Å². The Hall–Kier alpha value is -1.55. The predicted octanol–water partition coefficient (Wildman–Crippen LogP) is 3.65. The Morgan fingerprint density at radius 1 is 1.37 bits per heavy atom. The molecule has 2 unspecified atom stereocenters. The molecule has 0 radical (unpaired) electrons. The van der Waals surface area contributed by atoms with Crippen LogP contribution in [0.3, 0.4) is 0 Å². The molecule has 0 saturated carbocycles. The number of rotatable bonds is 4. The van der Waals surface area contributed by atoms with Gasteiger partial charge >= 0.3 is 0 Å². The molecule has 19 heavy (non-hydrogen) atoms. The molecule has 1 amide bonds. The minimum Gasteiger partial charge on any atom is -0.397 e. The van der Waals surface area contributed by atoms with Crippen LogP contribution < -0.4 is 11.1 Å². The highest BCUT2D eigenvalue weighted by atomic mass is 32.1. The molecular formula is C15H20N2OS. The number of carbonyl (C=O) groups excluding carboxylic acids is 1. The fraction of sp³-hybridized carbons (Fsp3) is 0.400. The van der Waals surface area contributed by atoms with Crippen molar-refractivity contribution in [2.24, 2.45) is 5.92 Å². The van der Waals surface area contributed by atoms with Crippen LogP contribution in [0, 0.1) is 5.92 Å². The number of anilines is 1. The molecule has 0 aliphatic heterocycles. The fourth-order valence-electron chi connectivity index (χ4n) is 2.00. The van der Waals surface area contributed by atoms with Gasteiger partial charge in [-0.25, -0.2) is 0 Å². The summed E-state index contributed by atoms with van der Waals surface area (Å²) < 4.78 is 1.06. The number of benzene rings is 1. The van der Waals surface area contributed by atoms with Crippen molar-refractivity contribution < 1.29 is 4.79 Å². The van der Waals surface area contributed by atoms with Gasteiger partial charge in [0, 0.05) is 16.1 Å². The molecule has 2 atom stereocenters. The second kappa shape index (κ2) is 5.61. The van der Waals surface area contributed by atoms with Crippen molar-refractivity contribution in [2.75, 3.05) is 5.73 Å². The Morgan fingerprint density at radius 3 is 2.68 bits per heavy atom. The average molecular weight is 276 g/mol. The number of carbonyl (C=O) groups is 1. The molecule has 1 aromatic carbocycles. The third-order valence-corrected chi connectivity index (χ3v) is 4.88. The summed E-state index contributed by atoms with van der Waals surface area (Å²) in [7, 11) is 0. The maximum absolute atomic E-state index is 12.3. The highest BCUT2D eigenvalue weighted by Gasteiger charge is 2.19. The van der Waals surface area contributed by atoms with Gasteiger partial charge in [0.15, 0.2) is 0 Å². The van der Waals surface area contributed by atoms with Gasteiger partial charge < -0.3 is 11.1 Å². The topological polar surface area (TPSA) is 55.1 Å². The van der Waals surface area contributed by atoms with Crippen LogP contribution in [0.1, 0.15) is 36.9 Å². The first kappa shape index (κ1) is 13.9. The molecule has 3 nitrogen and oxygen atoms in total. The zero-order chi connectivity index (χ0) is 14.0. The zero-order valence-corrected chi connectivity index (χ0v) is 12.4. The molecule has 1 aromatic heterocycles. The van der Waals surface area contributed by atoms with Crippen LogP contribution in [0.15, 0.2) is 24.3 Å². The van der Waals surface area contributed by atoms with Gasteiger partial charge in [0.25, 0.3) is 5.91 Å². The van der Waals surface area contributed by atoms with E-state index in [1.54, 1.807) is 0 Å². The van der Waals surface area contributed by atoms with E-state index in [1.165, 1.54) is 11.3 Å². The van der Waals surface area contributed by atoms with Crippen LogP contribution in [0.5, 0.6) is 0 Å². The number of amides is 1. The monoisotopic (exact) mass is 276 g/mol. The van der Waals surface area contributed by atoms with E-state index in [0.717, 1.165) is 16.5 Å². The zero-order valence-electron chi connectivity index (χ0n) is 11.6. The predicted molar refractivity (Wildman–Crippen MR) is 82.6 cm³/mol. The van der Waals surface area contributed by atoms with E-state index < -0.39 is 0 Å². The Balaban J connectivity index is 2.24. The first-order chi connectivity index (χ1) is 9.04. The molecule has 1 heterocycles. The van der Waals surface area contributed by atoms with Crippen molar-refractivity contribution >= 4 is 33.0 Å². The number of fused-ring (bicyclic) bond motifs is 1. The minimum atomic E-state index is -0.0634. The van der Waals surface area contributed by atoms with Gasteiger partial charge in [0.05, 0.1) is 5.69 Å². The molecule has 3 N–H and O–H groups in total. The smallest absolute Gasteiger partial charge is 0.263 e. The Bertz CT molecular complexity index is 591. The standard InChI is InChI=1S/C15H20N2OS/c1-4-9(2)10(3)17-15(18)14-13(16)11-7-5-6-8-12(11)19-14/h5-10H,4,16H2,1-3H3,(H,17,18). The average Bonchev–Trinajstić information content (AvgIpc) is 2.75. The quantitative estimate of drug-likeness (QED) is 0.895. The molecule has 2 aromatic rings. The van der Waals surface area contributed by atoms with Gasteiger partial charge in [0.1, 0.15) is 4.88 Å². The van der Waals surface area contributed by atoms with Crippen LogP contribution >= 0.6 is 11.3 Å². The van der Waals surface area contributed by atoms with E-state index in [-0.39, 0.29) is 11.9 Å². The lowest BCUT2D eigenvalue weighted by Gasteiger charge is -2.19. The van der Waals surface area contributed by atoms with Crippen molar-refractivity contribution in [3.05, 3.63) is 29.1 Å². The third kappa shape index (κ3) is 2.73. The van der Waals surface area contributed by atoms with Crippen molar-refractivity contribution in [1.82, 2.24) is 5.32 Å². The minimum absolute atomic E-state index is 0.0634. The molecule has 4 heteroatoms. The second-order valence-corrected chi connectivity index (χ2v) is 6.04. The maximum Gasteiger partial charge on any atom is 0.263 e. The van der Waals surface area contributed by atoms with E-state index in [0.29, 0.717) is 16.5 Å². The largest absolute Gasteiger partial charge is 0.397 e. The van der Waals surface area contributed by atoms with E-state index in [9.17, 15) is 4.79 Å². The molecule has 0 fully saturated rings. The van der Waals surface area contributed by atoms with Crippen LogP contribution in [-0.2, 0) is 0 Å². The fourth-order valence-corrected chi connectivity index (χ4v) is 3.03. The number of hydrogen-bond donors (Lipinski definition) is 2. The molecule has 0 bridgehead atoms. The van der Waals surface area contributed by atoms with Gasteiger partial charge in [-0.1, -0.05) is 38.5 Å². The number of nitrogens with two attached hydrogens (primary N) is 1. The van der Waals surface area contributed by atoms with Crippen LogP contribution in [0.25, 0.3) is 10.1 Å². The van der Waals surface area contributed by atoms with Crippen molar-refractivity contribution in [2.45, 2.75) is 33.2 Å². The molecular weight excluding hydrogens is 256 g/mol. The van der Waals surface area contributed by atoms with Crippen molar-refractivity contribution in [3.63, 3.8) is 0 Å². The molecule has 2 rings (SSSR count). The Labute approximate surface area is 117 Å². The number of nitrogen functional groups attached to an aromatic ring is 1. The lowest BCUT2D eigenvalue weighted by molar-refractivity contribution is 0.0933. The van der Waals surface area contributed by atoms with Crippen LogP contribution in [0.4, 0.5) is 5.69 Å². The van der Waals surface area contributed by atoms with E-state index in [1.807, 2.05) is 31.2 Å². The summed E-state index contributed by atoms with van der Waals surface area (Å²) in [6, 6.07) is 8.00. The summed E-state index contributed by atoms with van der Waals surface area (Å²) in [5.41, 5.74) is 6.67. The molecule has 0 spiro atoms. The Morgan fingerprint density at radius 2 is 2.05 bits per heavy atom. The van der Waals surface area contributed by atoms with Crippen LogP contribution in [0.2, 0.25) is 0 Å². The normalized spacial score (nSPS) is 14.3. The van der Waals surface area contributed by atoms with E-state index in [2.05, 4.69) is 19.2 Å². The van der Waals surface area contributed by atoms with Crippen molar-refractivity contribution in [3.8, 4) is 0 Å². The number of nitrogens with one attached hydrogen (secondary N) is 1. The lowest BCUT2D eigenvalue weighted by Crippen LogP contribution is -2.36. The molecule has 0 aliphatic rings. The summed E-state index contributed by atoms with van der Waals surface area (Å²) in [6.07, 6.45) is 1.04. The van der Waals surface area contributed by atoms with E-state index in [4.69, 9.17) is 5.73 Å². The first-order valence-electron chi connectivity index (χ1n) is 6.62. The maximum atomic E-state index is 12.3. The lowest BCUT2D eigenvalue weighted by atomic mass is 10.0.